The normalized spacial score (nSPS) is 11.9. The Bertz CT molecular complexity index is 641. The quantitative estimate of drug-likeness (QED) is 0.486. The fourth-order valence-corrected chi connectivity index (χ4v) is 1.43. The number of aromatic nitrogens is 4. The summed E-state index contributed by atoms with van der Waals surface area (Å²) in [7, 11) is 0. The highest BCUT2D eigenvalue weighted by Gasteiger charge is 2.22. The monoisotopic (exact) mass is 235 g/mol. The average molecular weight is 235 g/mol. The molecule has 7 heteroatoms. The second-order valence-corrected chi connectivity index (χ2v) is 4.83. The number of rotatable bonds is 0. The molecule has 0 radical (unpaired) electrons. The largest absolute Gasteiger partial charge is 0.618 e. The third-order valence-corrected chi connectivity index (χ3v) is 2.35. The number of nitrogens with one attached hydrogen (secondary N) is 1. The number of hydrogen-bond acceptors (Lipinski definition) is 5. The Kier molecular flexibility index (Phi) is 2.27. The van der Waals surface area contributed by atoms with E-state index in [1.807, 2.05) is 20.8 Å². The second-order valence-electron chi connectivity index (χ2n) is 4.83. The zero-order chi connectivity index (χ0) is 12.8. The highest BCUT2D eigenvalue weighted by molar-refractivity contribution is 5.65. The number of hydrogen-bond donors (Lipinski definition) is 2. The fraction of sp³-hybridized carbons (Fsp3) is 0.400. The van der Waals surface area contributed by atoms with Crippen LogP contribution in [0.15, 0.2) is 11.0 Å². The van der Waals surface area contributed by atoms with Crippen molar-refractivity contribution in [3.05, 3.63) is 27.5 Å². The minimum atomic E-state index is -0.588. The summed E-state index contributed by atoms with van der Waals surface area (Å²) < 4.78 is 0.480. The number of fused-ring (bicyclic) bond motifs is 1. The first-order chi connectivity index (χ1) is 7.79. The van der Waals surface area contributed by atoms with Crippen molar-refractivity contribution in [2.45, 2.75) is 26.2 Å². The Hall–Kier alpha value is -2.18. The van der Waals surface area contributed by atoms with Gasteiger partial charge in [0.15, 0.2) is 0 Å². The van der Waals surface area contributed by atoms with Crippen LogP contribution in [-0.2, 0) is 5.41 Å². The molecular weight excluding hydrogens is 222 g/mol. The van der Waals surface area contributed by atoms with Gasteiger partial charge in [-0.15, -0.1) is 0 Å². The minimum Gasteiger partial charge on any atom is -0.618 e. The molecule has 2 rings (SSSR count). The molecule has 0 fully saturated rings. The molecule has 3 N–H and O–H groups in total. The van der Waals surface area contributed by atoms with E-state index >= 15 is 0 Å². The Morgan fingerprint density at radius 2 is 2.06 bits per heavy atom. The smallest absolute Gasteiger partial charge is 0.328 e. The van der Waals surface area contributed by atoms with Crippen molar-refractivity contribution in [3.63, 3.8) is 0 Å². The molecule has 0 aliphatic rings. The van der Waals surface area contributed by atoms with Gasteiger partial charge in [-0.25, -0.2) is 4.98 Å². The molecule has 0 spiro atoms. The van der Waals surface area contributed by atoms with E-state index in [0.29, 0.717) is 10.4 Å². The highest BCUT2D eigenvalue weighted by Crippen LogP contribution is 2.19. The van der Waals surface area contributed by atoms with Crippen LogP contribution in [0.25, 0.3) is 11.2 Å². The number of anilines is 1. The maximum Gasteiger partial charge on any atom is 0.328 e. The van der Waals surface area contributed by atoms with E-state index in [-0.39, 0.29) is 22.5 Å². The molecule has 0 aromatic carbocycles. The van der Waals surface area contributed by atoms with Crippen LogP contribution in [0.4, 0.5) is 5.95 Å². The van der Waals surface area contributed by atoms with Gasteiger partial charge < -0.3 is 10.9 Å². The standard InChI is InChI=1S/C10H13N5O2/c1-10(2,3)5-4-15(17)6-7(12-5)13-9(11)14-8(6)16/h4H,1-3H3,(H3,11,12,13,14,16). The molecule has 0 aliphatic carbocycles. The van der Waals surface area contributed by atoms with Gasteiger partial charge in [-0.05, 0) is 0 Å². The summed E-state index contributed by atoms with van der Waals surface area (Å²) in [6, 6.07) is 0. The third kappa shape index (κ3) is 1.91. The van der Waals surface area contributed by atoms with E-state index in [1.54, 1.807) is 0 Å². The summed E-state index contributed by atoms with van der Waals surface area (Å²) in [5, 5.41) is 11.8. The molecule has 0 saturated carbocycles. The van der Waals surface area contributed by atoms with Crippen molar-refractivity contribution in [2.75, 3.05) is 5.73 Å². The summed E-state index contributed by atoms with van der Waals surface area (Å²) >= 11 is 0. The molecule has 90 valence electrons. The van der Waals surface area contributed by atoms with Gasteiger partial charge in [-0.3, -0.25) is 9.78 Å². The molecule has 2 aromatic rings. The van der Waals surface area contributed by atoms with E-state index in [1.165, 1.54) is 6.20 Å². The lowest BCUT2D eigenvalue weighted by molar-refractivity contribution is -0.578. The molecule has 0 atom stereocenters. The van der Waals surface area contributed by atoms with Crippen LogP contribution in [0, 0.1) is 5.21 Å². The molecule has 0 bridgehead atoms. The van der Waals surface area contributed by atoms with E-state index < -0.39 is 5.56 Å². The number of nitrogens with zero attached hydrogens (tertiary/aromatic N) is 3. The van der Waals surface area contributed by atoms with E-state index in [0.717, 1.165) is 0 Å². The molecule has 7 nitrogen and oxygen atoms in total. The Morgan fingerprint density at radius 1 is 1.41 bits per heavy atom. The van der Waals surface area contributed by atoms with Crippen molar-refractivity contribution >= 4 is 17.1 Å². The number of H-pyrrole nitrogens is 1. The van der Waals surface area contributed by atoms with Gasteiger partial charge >= 0.3 is 11.1 Å². The summed E-state index contributed by atoms with van der Waals surface area (Å²) in [4.78, 5) is 21.9. The molecular formula is C10H13N5O2. The maximum absolute atomic E-state index is 11.8. The average Bonchev–Trinajstić information content (AvgIpc) is 2.13. The van der Waals surface area contributed by atoms with E-state index in [4.69, 9.17) is 5.73 Å². The van der Waals surface area contributed by atoms with Crippen LogP contribution in [0.5, 0.6) is 0 Å². The zero-order valence-corrected chi connectivity index (χ0v) is 9.81. The molecule has 2 aromatic heterocycles. The first kappa shape index (κ1) is 11.3. The van der Waals surface area contributed by atoms with Gasteiger partial charge in [0.05, 0.1) is 0 Å². The van der Waals surface area contributed by atoms with Crippen LogP contribution < -0.4 is 16.0 Å². The van der Waals surface area contributed by atoms with Gasteiger partial charge in [0, 0.05) is 5.41 Å². The third-order valence-electron chi connectivity index (χ3n) is 2.35. The van der Waals surface area contributed by atoms with Crippen molar-refractivity contribution < 1.29 is 4.73 Å². The summed E-state index contributed by atoms with van der Waals surface area (Å²) in [6.45, 7) is 5.74. The first-order valence-corrected chi connectivity index (χ1v) is 5.09. The van der Waals surface area contributed by atoms with Gasteiger partial charge in [-0.1, -0.05) is 20.8 Å². The number of aromatic amines is 1. The van der Waals surface area contributed by atoms with Crippen LogP contribution in [0.3, 0.4) is 0 Å². The Labute approximate surface area is 96.9 Å². The van der Waals surface area contributed by atoms with Gasteiger partial charge in [0.1, 0.15) is 5.69 Å². The van der Waals surface area contributed by atoms with Gasteiger partial charge in [0.25, 0.3) is 0 Å². The lowest BCUT2D eigenvalue weighted by Gasteiger charge is -2.16. The van der Waals surface area contributed by atoms with Crippen molar-refractivity contribution in [1.29, 1.82) is 0 Å². The molecule has 17 heavy (non-hydrogen) atoms. The van der Waals surface area contributed by atoms with Gasteiger partial charge in [-0.2, -0.15) is 9.71 Å². The Morgan fingerprint density at radius 3 is 2.65 bits per heavy atom. The summed E-state index contributed by atoms with van der Waals surface area (Å²) in [5.41, 5.74) is 5.01. The summed E-state index contributed by atoms with van der Waals surface area (Å²) in [5.74, 6) is -0.0546. The second kappa shape index (κ2) is 3.41. The van der Waals surface area contributed by atoms with Crippen LogP contribution in [-0.4, -0.2) is 15.0 Å². The highest BCUT2D eigenvalue weighted by atomic mass is 16.5. The van der Waals surface area contributed by atoms with Gasteiger partial charge in [0.2, 0.25) is 17.8 Å². The fourth-order valence-electron chi connectivity index (χ4n) is 1.43. The van der Waals surface area contributed by atoms with Crippen LogP contribution >= 0.6 is 0 Å². The number of nitrogen functional groups attached to an aromatic ring is 1. The molecule has 2 heterocycles. The summed E-state index contributed by atoms with van der Waals surface area (Å²) in [6.07, 6.45) is 1.29. The lowest BCUT2D eigenvalue weighted by atomic mass is 9.93. The first-order valence-electron chi connectivity index (χ1n) is 5.09. The number of nitrogens with two attached hydrogens (primary N) is 1. The predicted octanol–water partition coefficient (Wildman–Crippen LogP) is -0.169. The zero-order valence-electron chi connectivity index (χ0n) is 9.81. The van der Waals surface area contributed by atoms with Crippen LogP contribution in [0.2, 0.25) is 0 Å². The van der Waals surface area contributed by atoms with E-state index in [9.17, 15) is 10.0 Å². The lowest BCUT2D eigenvalue weighted by Crippen LogP contribution is -2.36. The van der Waals surface area contributed by atoms with Crippen LogP contribution in [0.1, 0.15) is 26.5 Å². The van der Waals surface area contributed by atoms with E-state index in [2.05, 4.69) is 15.0 Å². The Balaban J connectivity index is 2.87. The van der Waals surface area contributed by atoms with Crippen molar-refractivity contribution in [2.24, 2.45) is 0 Å². The molecule has 0 amide bonds. The topological polar surface area (TPSA) is 112 Å². The SMILES string of the molecule is CC(C)(C)c1c[n+]([O-])c2c(=O)[nH]c(N)nc2n1. The molecule has 0 saturated heterocycles. The predicted molar refractivity (Wildman–Crippen MR) is 62.2 cm³/mol. The maximum atomic E-state index is 11.8. The molecule has 0 aliphatic heterocycles. The van der Waals surface area contributed by atoms with Crippen molar-refractivity contribution in [1.82, 2.24) is 15.0 Å². The van der Waals surface area contributed by atoms with Crippen molar-refractivity contribution in [3.8, 4) is 0 Å². The molecule has 0 unspecified atom stereocenters. The minimum absolute atomic E-state index is 0.0546.